The molecule has 0 N–H and O–H groups in total. The third-order valence-corrected chi connectivity index (χ3v) is 15.9. The third-order valence-electron chi connectivity index (χ3n) is 11.5. The van der Waals surface area contributed by atoms with Gasteiger partial charge >= 0.3 is 0 Å². The van der Waals surface area contributed by atoms with E-state index in [9.17, 15) is 0 Å². The topological polar surface area (TPSA) is 6.48 Å². The first-order chi connectivity index (χ1) is 25.7. The highest BCUT2D eigenvalue weighted by Crippen LogP contribution is 2.46. The molecule has 3 heteroatoms. The summed E-state index contributed by atoms with van der Waals surface area (Å²) < 4.78 is 0. The fourth-order valence-electron chi connectivity index (χ4n) is 8.78. The first-order valence-electron chi connectivity index (χ1n) is 18.3. The average Bonchev–Trinajstić information content (AvgIpc) is 3.65. The predicted octanol–water partition coefficient (Wildman–Crippen LogP) is 10.8. The van der Waals surface area contributed by atoms with Crippen LogP contribution in [0.3, 0.4) is 0 Å². The highest BCUT2D eigenvalue weighted by molar-refractivity contribution is 7.10. The zero-order valence-electron chi connectivity index (χ0n) is 29.2. The van der Waals surface area contributed by atoms with Gasteiger partial charge in [0.2, 0.25) is 0 Å². The van der Waals surface area contributed by atoms with Crippen molar-refractivity contribution in [3.8, 4) is 0 Å². The van der Waals surface area contributed by atoms with Crippen molar-refractivity contribution >= 4 is 84.4 Å². The molecule has 0 aliphatic carbocycles. The minimum Gasteiger partial charge on any atom is -0.340 e. The summed E-state index contributed by atoms with van der Waals surface area (Å²) in [6, 6.07) is 69.9. The molecule has 1 aliphatic heterocycles. The van der Waals surface area contributed by atoms with Crippen LogP contribution >= 0.6 is 0 Å². The number of hydrogen-bond donors (Lipinski definition) is 0. The number of rotatable bonds is 7. The summed E-state index contributed by atoms with van der Waals surface area (Å²) in [7, 11) is -2.24. The van der Waals surface area contributed by atoms with Crippen LogP contribution in [0.5, 0.6) is 0 Å². The van der Waals surface area contributed by atoms with Crippen molar-refractivity contribution in [3.05, 3.63) is 194 Å². The summed E-state index contributed by atoms with van der Waals surface area (Å²) in [6.45, 7) is 3.49. The van der Waals surface area contributed by atoms with E-state index >= 15 is 0 Å². The van der Waals surface area contributed by atoms with Crippen LogP contribution in [0, 0.1) is 0 Å². The molecule has 9 aromatic carbocycles. The van der Waals surface area contributed by atoms with Crippen LogP contribution in [0.1, 0.15) is 5.56 Å². The molecule has 0 fully saturated rings. The summed E-state index contributed by atoms with van der Waals surface area (Å²) in [4.78, 5) is 4.96. The Hall–Kier alpha value is -6.16. The van der Waals surface area contributed by atoms with Gasteiger partial charge in [0.05, 0.1) is 5.69 Å². The van der Waals surface area contributed by atoms with Gasteiger partial charge < -0.3 is 9.80 Å². The molecule has 52 heavy (non-hydrogen) atoms. The minimum absolute atomic E-state index is 1.00. The molecule has 1 aliphatic rings. The molecular weight excluding hydrogens is 645 g/mol. The Morgan fingerprint density at radius 1 is 0.442 bits per heavy atom. The maximum Gasteiger partial charge on any atom is 0.145 e. The second kappa shape index (κ2) is 12.3. The van der Waals surface area contributed by atoms with Crippen molar-refractivity contribution in [2.75, 3.05) is 16.3 Å². The van der Waals surface area contributed by atoms with E-state index in [1.807, 2.05) is 0 Å². The molecule has 9 aromatic rings. The summed E-state index contributed by atoms with van der Waals surface area (Å²) in [5, 5.41) is 12.0. The lowest BCUT2D eigenvalue weighted by atomic mass is 9.92. The van der Waals surface area contributed by atoms with Crippen molar-refractivity contribution < 1.29 is 0 Å². The molecule has 0 bridgehead atoms. The number of benzene rings is 9. The highest BCUT2D eigenvalue weighted by atomic mass is 28.3. The maximum atomic E-state index is 2.52. The van der Waals surface area contributed by atoms with Crippen LogP contribution < -0.4 is 25.4 Å². The zero-order valence-corrected chi connectivity index (χ0v) is 30.2. The molecular formula is C49H38N2Si. The van der Waals surface area contributed by atoms with E-state index in [2.05, 4.69) is 204 Å². The number of fused-ring (bicyclic) bond motifs is 1. The van der Waals surface area contributed by atoms with E-state index in [0.717, 1.165) is 24.3 Å². The van der Waals surface area contributed by atoms with Crippen LogP contribution in [0.2, 0.25) is 6.55 Å². The Morgan fingerprint density at radius 3 is 1.65 bits per heavy atom. The van der Waals surface area contributed by atoms with Gasteiger partial charge in [-0.05, 0) is 91.6 Å². The van der Waals surface area contributed by atoms with Gasteiger partial charge in [-0.1, -0.05) is 152 Å². The van der Waals surface area contributed by atoms with Gasteiger partial charge in [0.1, 0.15) is 8.07 Å². The Labute approximate surface area is 306 Å². The molecule has 0 radical (unpaired) electrons. The number of para-hydroxylation sites is 2. The molecule has 0 aromatic heterocycles. The smallest absolute Gasteiger partial charge is 0.145 e. The fraction of sp³-hybridized carbons (Fsp3) is 0.0612. The molecule has 248 valence electrons. The Bertz CT molecular complexity index is 2650. The SMILES string of the molecule is C[Si](c1ccccc1)(c1ccccc1)c1ccc(N(c2ccccc2)c2ccc3ccc4c(N5CCc6ccccc65)ccc5ccc2c3c54)cc1. The predicted molar refractivity (Wildman–Crippen MR) is 225 cm³/mol. The van der Waals surface area contributed by atoms with Gasteiger partial charge in [-0.3, -0.25) is 0 Å². The lowest BCUT2D eigenvalue weighted by molar-refractivity contribution is 1.00. The van der Waals surface area contributed by atoms with Gasteiger partial charge in [-0.15, -0.1) is 0 Å². The van der Waals surface area contributed by atoms with E-state index in [1.54, 1.807) is 0 Å². The molecule has 2 nitrogen and oxygen atoms in total. The monoisotopic (exact) mass is 682 g/mol. The minimum atomic E-state index is -2.24. The van der Waals surface area contributed by atoms with Gasteiger partial charge in [-0.2, -0.15) is 0 Å². The summed E-state index contributed by atoms with van der Waals surface area (Å²) in [5.41, 5.74) is 7.52. The normalized spacial score (nSPS) is 12.9. The van der Waals surface area contributed by atoms with E-state index in [1.165, 1.54) is 70.5 Å². The Balaban J connectivity index is 1.15. The molecule has 0 amide bonds. The zero-order chi connectivity index (χ0) is 34.6. The number of anilines is 5. The molecule has 0 saturated heterocycles. The van der Waals surface area contributed by atoms with Crippen LogP contribution in [0.4, 0.5) is 28.4 Å². The van der Waals surface area contributed by atoms with Crippen molar-refractivity contribution in [2.45, 2.75) is 13.0 Å². The second-order valence-electron chi connectivity index (χ2n) is 14.2. The molecule has 0 atom stereocenters. The standard InChI is InChI=1S/C49H38N2Si/c1-52(40-16-7-3-8-17-40,41-18-9-4-10-19-41)42-27-25-39(26-28-42)51(38-14-5-2-6-15-38)47-32-24-37-21-29-43-46(50-34-33-35-13-11-12-20-45(35)50)31-23-36-22-30-44(47)49(37)48(36)43/h2-32H,33-34H2,1H3. The van der Waals surface area contributed by atoms with Gasteiger partial charge in [0.15, 0.2) is 0 Å². The van der Waals surface area contributed by atoms with Crippen molar-refractivity contribution in [1.29, 1.82) is 0 Å². The summed E-state index contributed by atoms with van der Waals surface area (Å²) >= 11 is 0. The first kappa shape index (κ1) is 30.6. The Kier molecular flexibility index (Phi) is 7.22. The van der Waals surface area contributed by atoms with Gasteiger partial charge in [-0.25, -0.2) is 0 Å². The van der Waals surface area contributed by atoms with Crippen LogP contribution in [-0.4, -0.2) is 14.6 Å². The lowest BCUT2D eigenvalue weighted by Crippen LogP contribution is -2.64. The lowest BCUT2D eigenvalue weighted by Gasteiger charge is -2.31. The summed E-state index contributed by atoms with van der Waals surface area (Å²) in [6.07, 6.45) is 1.07. The molecule has 0 spiro atoms. The molecule has 0 unspecified atom stereocenters. The van der Waals surface area contributed by atoms with E-state index < -0.39 is 8.07 Å². The van der Waals surface area contributed by atoms with E-state index in [-0.39, 0.29) is 0 Å². The Morgan fingerprint density at radius 2 is 0.962 bits per heavy atom. The van der Waals surface area contributed by atoms with Crippen molar-refractivity contribution in [1.82, 2.24) is 0 Å². The molecule has 0 saturated carbocycles. The second-order valence-corrected chi connectivity index (χ2v) is 18.2. The number of nitrogens with zero attached hydrogens (tertiary/aromatic N) is 2. The van der Waals surface area contributed by atoms with E-state index in [4.69, 9.17) is 0 Å². The van der Waals surface area contributed by atoms with Gasteiger partial charge in [0, 0.05) is 40.1 Å². The van der Waals surface area contributed by atoms with Crippen molar-refractivity contribution in [2.24, 2.45) is 0 Å². The van der Waals surface area contributed by atoms with Crippen molar-refractivity contribution in [3.63, 3.8) is 0 Å². The highest BCUT2D eigenvalue weighted by Gasteiger charge is 2.34. The van der Waals surface area contributed by atoms with Crippen LogP contribution in [0.25, 0.3) is 32.3 Å². The van der Waals surface area contributed by atoms with Crippen LogP contribution in [0.15, 0.2) is 188 Å². The van der Waals surface area contributed by atoms with E-state index in [0.29, 0.717) is 0 Å². The third kappa shape index (κ3) is 4.77. The molecule has 10 rings (SSSR count). The largest absolute Gasteiger partial charge is 0.340 e. The molecule has 1 heterocycles. The summed E-state index contributed by atoms with van der Waals surface area (Å²) in [5.74, 6) is 0. The average molecular weight is 683 g/mol. The number of hydrogen-bond acceptors (Lipinski definition) is 2. The fourth-order valence-corrected chi connectivity index (χ4v) is 12.3. The quantitative estimate of drug-likeness (QED) is 0.0938. The van der Waals surface area contributed by atoms with Gasteiger partial charge in [0.25, 0.3) is 0 Å². The first-order valence-corrected chi connectivity index (χ1v) is 20.8. The maximum absolute atomic E-state index is 2.52. The van der Waals surface area contributed by atoms with Crippen LogP contribution in [-0.2, 0) is 6.42 Å².